The van der Waals surface area contributed by atoms with E-state index >= 15 is 0 Å². The van der Waals surface area contributed by atoms with Crippen molar-refractivity contribution in [1.29, 1.82) is 0 Å². The number of hydrogen-bond acceptors (Lipinski definition) is 4. The topological polar surface area (TPSA) is 59.2 Å². The molecular formula is C16H28N2O2. The maximum Gasteiger partial charge on any atom is 0.229 e. The Morgan fingerprint density at radius 1 is 1.15 bits per heavy atom. The second-order valence-corrected chi connectivity index (χ2v) is 6.58. The van der Waals surface area contributed by atoms with E-state index in [2.05, 4.69) is 24.0 Å². The van der Waals surface area contributed by atoms with Crippen molar-refractivity contribution in [2.24, 2.45) is 5.92 Å². The van der Waals surface area contributed by atoms with Crippen LogP contribution >= 0.6 is 0 Å². The van der Waals surface area contributed by atoms with Crippen LogP contribution in [0.2, 0.25) is 0 Å². The zero-order valence-electron chi connectivity index (χ0n) is 12.8. The molecule has 0 aliphatic heterocycles. The molecule has 0 amide bonds. The van der Waals surface area contributed by atoms with Gasteiger partial charge in [-0.1, -0.05) is 51.1 Å². The number of nitrogens with zero attached hydrogens (tertiary/aromatic N) is 2. The Bertz CT molecular complexity index is 382. The number of rotatable bonds is 5. The maximum absolute atomic E-state index is 9.95. The van der Waals surface area contributed by atoms with Gasteiger partial charge in [-0.15, -0.1) is 0 Å². The van der Waals surface area contributed by atoms with Gasteiger partial charge in [0.15, 0.2) is 5.82 Å². The van der Waals surface area contributed by atoms with Crippen LogP contribution < -0.4 is 0 Å². The number of hydrogen-bond donors (Lipinski definition) is 1. The first kappa shape index (κ1) is 15.5. The lowest BCUT2D eigenvalue weighted by molar-refractivity contribution is 0.138. The summed E-state index contributed by atoms with van der Waals surface area (Å²) < 4.78 is 5.32. The van der Waals surface area contributed by atoms with Crippen molar-refractivity contribution in [3.8, 4) is 0 Å². The first-order valence-electron chi connectivity index (χ1n) is 8.15. The number of aliphatic hydroxyl groups is 1. The van der Waals surface area contributed by atoms with Crippen molar-refractivity contribution in [2.75, 3.05) is 0 Å². The predicted molar refractivity (Wildman–Crippen MR) is 78.5 cm³/mol. The van der Waals surface area contributed by atoms with Crippen molar-refractivity contribution < 1.29 is 9.63 Å². The van der Waals surface area contributed by atoms with Gasteiger partial charge in [0.25, 0.3) is 0 Å². The molecule has 1 fully saturated rings. The lowest BCUT2D eigenvalue weighted by Crippen LogP contribution is -2.13. The fourth-order valence-corrected chi connectivity index (χ4v) is 3.06. The van der Waals surface area contributed by atoms with Gasteiger partial charge in [0.05, 0.1) is 12.5 Å². The summed E-state index contributed by atoms with van der Waals surface area (Å²) in [6.07, 6.45) is 9.80. The van der Waals surface area contributed by atoms with E-state index < -0.39 is 0 Å². The van der Waals surface area contributed by atoms with Crippen molar-refractivity contribution in [3.63, 3.8) is 0 Å². The third-order valence-corrected chi connectivity index (χ3v) is 4.11. The molecule has 1 aliphatic carbocycles. The highest BCUT2D eigenvalue weighted by molar-refractivity contribution is 4.96. The first-order valence-corrected chi connectivity index (χ1v) is 8.15. The van der Waals surface area contributed by atoms with Crippen LogP contribution in [0, 0.1) is 5.92 Å². The van der Waals surface area contributed by atoms with Crippen LogP contribution in [-0.4, -0.2) is 21.4 Å². The summed E-state index contributed by atoms with van der Waals surface area (Å²) in [6.45, 7) is 4.22. The summed E-state index contributed by atoms with van der Waals surface area (Å²) in [6, 6.07) is 0. The van der Waals surface area contributed by atoms with Gasteiger partial charge in [-0.25, -0.2) is 0 Å². The Hall–Kier alpha value is -0.900. The molecule has 0 saturated heterocycles. The zero-order valence-corrected chi connectivity index (χ0v) is 12.8. The molecule has 1 atom stereocenters. The van der Waals surface area contributed by atoms with E-state index in [0.717, 1.165) is 12.2 Å². The molecule has 1 aliphatic rings. The molecule has 0 radical (unpaired) electrons. The van der Waals surface area contributed by atoms with Crippen LogP contribution in [0.25, 0.3) is 0 Å². The molecule has 4 heteroatoms. The van der Waals surface area contributed by atoms with Crippen LogP contribution in [0.3, 0.4) is 0 Å². The second-order valence-electron chi connectivity index (χ2n) is 6.58. The smallest absolute Gasteiger partial charge is 0.229 e. The third-order valence-electron chi connectivity index (χ3n) is 4.11. The largest absolute Gasteiger partial charge is 0.393 e. The third kappa shape index (κ3) is 4.89. The second kappa shape index (κ2) is 7.77. The average molecular weight is 280 g/mol. The monoisotopic (exact) mass is 280 g/mol. The fraction of sp³-hybridized carbons (Fsp3) is 0.875. The molecule has 1 unspecified atom stereocenters. The SMILES string of the molecule is CC(C)CC(O)Cc1nc(C2CCCCCCC2)no1. The normalized spacial score (nSPS) is 19.8. The minimum Gasteiger partial charge on any atom is -0.393 e. The molecule has 0 spiro atoms. The molecule has 1 aromatic heterocycles. The minimum atomic E-state index is -0.374. The van der Waals surface area contributed by atoms with E-state index in [-0.39, 0.29) is 6.10 Å². The number of aliphatic hydroxyl groups excluding tert-OH is 1. The lowest BCUT2D eigenvalue weighted by Gasteiger charge is -2.15. The molecule has 0 bridgehead atoms. The van der Waals surface area contributed by atoms with Gasteiger partial charge < -0.3 is 9.63 Å². The van der Waals surface area contributed by atoms with Gasteiger partial charge in [-0.3, -0.25) is 0 Å². The van der Waals surface area contributed by atoms with Crippen molar-refractivity contribution in [3.05, 3.63) is 11.7 Å². The van der Waals surface area contributed by atoms with Crippen molar-refractivity contribution in [1.82, 2.24) is 10.1 Å². The zero-order chi connectivity index (χ0) is 14.4. The summed E-state index contributed by atoms with van der Waals surface area (Å²) in [5, 5.41) is 14.1. The van der Waals surface area contributed by atoms with Crippen LogP contribution in [0.1, 0.15) is 82.8 Å². The van der Waals surface area contributed by atoms with E-state index in [9.17, 15) is 5.11 Å². The lowest BCUT2D eigenvalue weighted by atomic mass is 9.91. The quantitative estimate of drug-likeness (QED) is 0.890. The molecule has 1 aromatic rings. The Kier molecular flexibility index (Phi) is 6.02. The predicted octanol–water partition coefficient (Wildman–Crippen LogP) is 3.85. The first-order chi connectivity index (χ1) is 9.65. The molecule has 1 heterocycles. The molecular weight excluding hydrogens is 252 g/mol. The highest BCUT2D eigenvalue weighted by Crippen LogP contribution is 2.29. The van der Waals surface area contributed by atoms with Crippen molar-refractivity contribution >= 4 is 0 Å². The molecule has 2 rings (SSSR count). The summed E-state index contributed by atoms with van der Waals surface area (Å²) in [4.78, 5) is 4.52. The van der Waals surface area contributed by atoms with E-state index in [4.69, 9.17) is 4.52 Å². The van der Waals surface area contributed by atoms with Crippen LogP contribution in [-0.2, 0) is 6.42 Å². The Balaban J connectivity index is 1.90. The summed E-state index contributed by atoms with van der Waals surface area (Å²) >= 11 is 0. The fourth-order valence-electron chi connectivity index (χ4n) is 3.06. The van der Waals surface area contributed by atoms with Gasteiger partial charge in [-0.05, 0) is 25.2 Å². The van der Waals surface area contributed by atoms with Gasteiger partial charge in [0, 0.05) is 5.92 Å². The Morgan fingerprint density at radius 3 is 2.45 bits per heavy atom. The van der Waals surface area contributed by atoms with Crippen LogP contribution in [0.15, 0.2) is 4.52 Å². The molecule has 114 valence electrons. The summed E-state index contributed by atoms with van der Waals surface area (Å²) in [7, 11) is 0. The Labute approximate surface area is 122 Å². The summed E-state index contributed by atoms with van der Waals surface area (Å²) in [5.74, 6) is 2.39. The van der Waals surface area contributed by atoms with E-state index in [0.29, 0.717) is 24.1 Å². The van der Waals surface area contributed by atoms with Crippen LogP contribution in [0.5, 0.6) is 0 Å². The average Bonchev–Trinajstić information content (AvgIpc) is 2.75. The van der Waals surface area contributed by atoms with Gasteiger partial charge in [0.1, 0.15) is 0 Å². The number of aromatic nitrogens is 2. The van der Waals surface area contributed by atoms with E-state index in [1.54, 1.807) is 0 Å². The molecule has 4 nitrogen and oxygen atoms in total. The highest BCUT2D eigenvalue weighted by atomic mass is 16.5. The minimum absolute atomic E-state index is 0.374. The molecule has 1 N–H and O–H groups in total. The van der Waals surface area contributed by atoms with Gasteiger partial charge in [0.2, 0.25) is 5.89 Å². The Morgan fingerprint density at radius 2 is 1.80 bits per heavy atom. The summed E-state index contributed by atoms with van der Waals surface area (Å²) in [5.41, 5.74) is 0. The van der Waals surface area contributed by atoms with Gasteiger partial charge in [-0.2, -0.15) is 4.98 Å². The van der Waals surface area contributed by atoms with E-state index in [1.807, 2.05) is 0 Å². The molecule has 1 saturated carbocycles. The van der Waals surface area contributed by atoms with Gasteiger partial charge >= 0.3 is 0 Å². The van der Waals surface area contributed by atoms with Crippen LogP contribution in [0.4, 0.5) is 0 Å². The highest BCUT2D eigenvalue weighted by Gasteiger charge is 2.20. The standard InChI is InChI=1S/C16H28N2O2/c1-12(2)10-14(19)11-15-17-16(18-20-15)13-8-6-4-3-5-7-9-13/h12-14,19H,3-11H2,1-2H3. The van der Waals surface area contributed by atoms with E-state index in [1.165, 1.54) is 44.9 Å². The maximum atomic E-state index is 9.95. The molecule has 20 heavy (non-hydrogen) atoms. The van der Waals surface area contributed by atoms with Crippen molar-refractivity contribution in [2.45, 2.75) is 83.7 Å². The molecule has 0 aromatic carbocycles.